The van der Waals surface area contributed by atoms with Crippen LogP contribution in [0.15, 0.2) is 53.4 Å². The summed E-state index contributed by atoms with van der Waals surface area (Å²) in [6.07, 6.45) is 0.844. The van der Waals surface area contributed by atoms with Crippen LogP contribution in [0.1, 0.15) is 12.5 Å². The molecule has 150 valence electrons. The molecule has 0 bridgehead atoms. The van der Waals surface area contributed by atoms with E-state index < -0.39 is 10.0 Å². The second-order valence-electron chi connectivity index (χ2n) is 6.70. The first-order chi connectivity index (χ1) is 13.4. The average Bonchev–Trinajstić information content (AvgIpc) is 2.69. The Balaban J connectivity index is 1.56. The highest BCUT2D eigenvalue weighted by Gasteiger charge is 2.29. The highest BCUT2D eigenvalue weighted by atomic mass is 35.5. The van der Waals surface area contributed by atoms with Crippen LogP contribution < -0.4 is 5.32 Å². The highest BCUT2D eigenvalue weighted by molar-refractivity contribution is 7.89. The Labute approximate surface area is 171 Å². The molecule has 3 rings (SSSR count). The maximum absolute atomic E-state index is 12.7. The molecule has 1 fully saturated rings. The van der Waals surface area contributed by atoms with Crippen molar-refractivity contribution in [2.75, 3.05) is 38.0 Å². The van der Waals surface area contributed by atoms with E-state index in [9.17, 15) is 13.2 Å². The zero-order chi connectivity index (χ0) is 20.1. The third-order valence-electron chi connectivity index (χ3n) is 4.80. The standard InChI is InChI=1S/C20H24ClN3O3S/c1-2-16-6-3-4-9-19(16)22-20(25)15-23-10-12-24(13-11-23)28(26,27)18-8-5-7-17(21)14-18/h3-9,14H,2,10-13,15H2,1H3,(H,22,25). The van der Waals surface area contributed by atoms with Crippen LogP contribution in [0.3, 0.4) is 0 Å². The number of sulfonamides is 1. The minimum absolute atomic E-state index is 0.0907. The quantitative estimate of drug-likeness (QED) is 0.778. The van der Waals surface area contributed by atoms with E-state index in [4.69, 9.17) is 11.6 Å². The van der Waals surface area contributed by atoms with Gasteiger partial charge in [-0.2, -0.15) is 4.31 Å². The Kier molecular flexibility index (Phi) is 6.72. The Morgan fingerprint density at radius 2 is 1.79 bits per heavy atom. The minimum atomic E-state index is -3.57. The van der Waals surface area contributed by atoms with E-state index in [0.717, 1.165) is 17.7 Å². The molecule has 1 aliphatic heterocycles. The first-order valence-corrected chi connectivity index (χ1v) is 11.1. The number of carbonyl (C=O) groups is 1. The molecule has 0 atom stereocenters. The van der Waals surface area contributed by atoms with E-state index >= 15 is 0 Å². The zero-order valence-electron chi connectivity index (χ0n) is 15.8. The molecule has 0 spiro atoms. The largest absolute Gasteiger partial charge is 0.325 e. The van der Waals surface area contributed by atoms with E-state index in [1.807, 2.05) is 36.1 Å². The summed E-state index contributed by atoms with van der Waals surface area (Å²) in [5, 5.41) is 3.35. The number of piperazine rings is 1. The van der Waals surface area contributed by atoms with Gasteiger partial charge in [0.25, 0.3) is 0 Å². The van der Waals surface area contributed by atoms with Crippen LogP contribution in [-0.4, -0.2) is 56.3 Å². The number of aryl methyl sites for hydroxylation is 1. The Hall–Kier alpha value is -1.93. The van der Waals surface area contributed by atoms with Crippen molar-refractivity contribution in [2.45, 2.75) is 18.2 Å². The number of anilines is 1. The van der Waals surface area contributed by atoms with Crippen LogP contribution in [0.5, 0.6) is 0 Å². The van der Waals surface area contributed by atoms with Crippen LogP contribution in [0.25, 0.3) is 0 Å². The Morgan fingerprint density at radius 3 is 2.46 bits per heavy atom. The van der Waals surface area contributed by atoms with Crippen molar-refractivity contribution in [1.29, 1.82) is 0 Å². The number of nitrogens with zero attached hydrogens (tertiary/aromatic N) is 2. The maximum Gasteiger partial charge on any atom is 0.243 e. The van der Waals surface area contributed by atoms with Crippen LogP contribution in [0.4, 0.5) is 5.69 Å². The van der Waals surface area contributed by atoms with Gasteiger partial charge in [-0.1, -0.05) is 42.8 Å². The van der Waals surface area contributed by atoms with Crippen LogP contribution in [-0.2, 0) is 21.2 Å². The fourth-order valence-electron chi connectivity index (χ4n) is 3.25. The van der Waals surface area contributed by atoms with Crippen molar-refractivity contribution >= 4 is 33.2 Å². The summed E-state index contributed by atoms with van der Waals surface area (Å²) < 4.78 is 26.9. The highest BCUT2D eigenvalue weighted by Crippen LogP contribution is 2.21. The second-order valence-corrected chi connectivity index (χ2v) is 9.07. The molecular formula is C20H24ClN3O3S. The number of carbonyl (C=O) groups excluding carboxylic acids is 1. The summed E-state index contributed by atoms with van der Waals surface area (Å²) in [4.78, 5) is 14.5. The normalized spacial score (nSPS) is 16.1. The van der Waals surface area contributed by atoms with E-state index in [2.05, 4.69) is 5.32 Å². The summed E-state index contributed by atoms with van der Waals surface area (Å²) in [5.41, 5.74) is 1.92. The fourth-order valence-corrected chi connectivity index (χ4v) is 4.97. The van der Waals surface area contributed by atoms with Crippen molar-refractivity contribution in [3.63, 3.8) is 0 Å². The number of hydrogen-bond acceptors (Lipinski definition) is 4. The van der Waals surface area contributed by atoms with Gasteiger partial charge in [-0.3, -0.25) is 9.69 Å². The number of benzene rings is 2. The molecule has 1 saturated heterocycles. The number of hydrogen-bond donors (Lipinski definition) is 1. The van der Waals surface area contributed by atoms with E-state index in [-0.39, 0.29) is 17.3 Å². The maximum atomic E-state index is 12.7. The lowest BCUT2D eigenvalue weighted by molar-refractivity contribution is -0.117. The molecule has 0 aliphatic carbocycles. The van der Waals surface area contributed by atoms with Gasteiger partial charge >= 0.3 is 0 Å². The Morgan fingerprint density at radius 1 is 1.07 bits per heavy atom. The predicted octanol–water partition coefficient (Wildman–Crippen LogP) is 2.85. The molecule has 2 aromatic carbocycles. The van der Waals surface area contributed by atoms with Crippen molar-refractivity contribution in [2.24, 2.45) is 0 Å². The van der Waals surface area contributed by atoms with Gasteiger partial charge in [-0.25, -0.2) is 8.42 Å². The Bertz CT molecular complexity index is 941. The second kappa shape index (κ2) is 9.05. The van der Waals surface area contributed by atoms with Gasteiger partial charge in [0.2, 0.25) is 15.9 Å². The molecule has 0 saturated carbocycles. The van der Waals surface area contributed by atoms with E-state index in [0.29, 0.717) is 31.2 Å². The zero-order valence-corrected chi connectivity index (χ0v) is 17.3. The van der Waals surface area contributed by atoms with Crippen molar-refractivity contribution < 1.29 is 13.2 Å². The van der Waals surface area contributed by atoms with Gasteiger partial charge in [0, 0.05) is 36.9 Å². The van der Waals surface area contributed by atoms with E-state index in [1.165, 1.54) is 10.4 Å². The number of halogens is 1. The number of nitrogens with one attached hydrogen (secondary N) is 1. The number of para-hydroxylation sites is 1. The summed E-state index contributed by atoms with van der Waals surface area (Å²) >= 11 is 5.92. The topological polar surface area (TPSA) is 69.7 Å². The average molecular weight is 422 g/mol. The lowest BCUT2D eigenvalue weighted by Gasteiger charge is -2.33. The van der Waals surface area contributed by atoms with Crippen LogP contribution in [0, 0.1) is 0 Å². The molecule has 0 aromatic heterocycles. The summed E-state index contributed by atoms with van der Waals surface area (Å²) in [6.45, 7) is 3.97. The molecule has 1 aliphatic rings. The van der Waals surface area contributed by atoms with Gasteiger partial charge in [-0.05, 0) is 36.2 Å². The van der Waals surface area contributed by atoms with Crippen LogP contribution >= 0.6 is 11.6 Å². The fraction of sp³-hybridized carbons (Fsp3) is 0.350. The first-order valence-electron chi connectivity index (χ1n) is 9.26. The minimum Gasteiger partial charge on any atom is -0.325 e. The van der Waals surface area contributed by atoms with Crippen molar-refractivity contribution in [3.8, 4) is 0 Å². The third kappa shape index (κ3) is 4.91. The predicted molar refractivity (Wildman–Crippen MR) is 111 cm³/mol. The molecular weight excluding hydrogens is 398 g/mol. The molecule has 0 radical (unpaired) electrons. The molecule has 1 amide bonds. The molecule has 1 heterocycles. The third-order valence-corrected chi connectivity index (χ3v) is 6.93. The summed E-state index contributed by atoms with van der Waals surface area (Å²) in [6, 6.07) is 14.0. The summed E-state index contributed by atoms with van der Waals surface area (Å²) in [7, 11) is -3.57. The summed E-state index contributed by atoms with van der Waals surface area (Å²) in [5.74, 6) is -0.0907. The lowest BCUT2D eigenvalue weighted by atomic mass is 10.1. The van der Waals surface area contributed by atoms with E-state index in [1.54, 1.807) is 18.2 Å². The van der Waals surface area contributed by atoms with Gasteiger partial charge in [0.15, 0.2) is 0 Å². The molecule has 8 heteroatoms. The first kappa shape index (κ1) is 20.8. The molecule has 28 heavy (non-hydrogen) atoms. The number of rotatable bonds is 6. The molecule has 1 N–H and O–H groups in total. The monoisotopic (exact) mass is 421 g/mol. The van der Waals surface area contributed by atoms with Gasteiger partial charge in [0.1, 0.15) is 0 Å². The van der Waals surface area contributed by atoms with Crippen LogP contribution in [0.2, 0.25) is 5.02 Å². The number of amides is 1. The van der Waals surface area contributed by atoms with Crippen molar-refractivity contribution in [1.82, 2.24) is 9.21 Å². The molecule has 6 nitrogen and oxygen atoms in total. The molecule has 2 aromatic rings. The van der Waals surface area contributed by atoms with Crippen molar-refractivity contribution in [3.05, 3.63) is 59.1 Å². The lowest BCUT2D eigenvalue weighted by Crippen LogP contribution is -2.50. The smallest absolute Gasteiger partial charge is 0.243 e. The van der Waals surface area contributed by atoms with Gasteiger partial charge in [0.05, 0.1) is 11.4 Å². The van der Waals surface area contributed by atoms with Gasteiger partial charge < -0.3 is 5.32 Å². The van der Waals surface area contributed by atoms with Gasteiger partial charge in [-0.15, -0.1) is 0 Å². The SMILES string of the molecule is CCc1ccccc1NC(=O)CN1CCN(S(=O)(=O)c2cccc(Cl)c2)CC1. The molecule has 0 unspecified atom stereocenters.